The number of carbonyl (C=O) groups is 2. The average Bonchev–Trinajstić information content (AvgIpc) is 2.48. The molecular formula is C10H17NO3. The van der Waals surface area contributed by atoms with E-state index in [1.165, 1.54) is 12.8 Å². The first kappa shape index (κ1) is 11.2. The zero-order chi connectivity index (χ0) is 10.4. The van der Waals surface area contributed by atoms with E-state index >= 15 is 0 Å². The van der Waals surface area contributed by atoms with Gasteiger partial charge in [0.15, 0.2) is 0 Å². The van der Waals surface area contributed by atoms with E-state index in [9.17, 15) is 9.59 Å². The van der Waals surface area contributed by atoms with Crippen LogP contribution in [0.2, 0.25) is 0 Å². The van der Waals surface area contributed by atoms with Gasteiger partial charge in [-0.1, -0.05) is 26.2 Å². The van der Waals surface area contributed by atoms with Gasteiger partial charge in [0, 0.05) is 12.8 Å². The molecule has 0 bridgehead atoms. The van der Waals surface area contributed by atoms with Crippen LogP contribution in [0.5, 0.6) is 0 Å². The van der Waals surface area contributed by atoms with Gasteiger partial charge in [0.2, 0.25) is 0 Å². The maximum absolute atomic E-state index is 11.1. The highest BCUT2D eigenvalue weighted by Gasteiger charge is 2.29. The Balaban J connectivity index is 2.11. The SMILES string of the molecule is CCCCCCON1C(=O)CCC1=O. The molecule has 4 nitrogen and oxygen atoms in total. The largest absolute Gasteiger partial charge is 0.272 e. The predicted octanol–water partition coefficient (Wildman–Crippen LogP) is 1.65. The minimum absolute atomic E-state index is 0.203. The molecule has 14 heavy (non-hydrogen) atoms. The monoisotopic (exact) mass is 199 g/mol. The molecule has 1 heterocycles. The number of hydroxylamine groups is 2. The van der Waals surface area contributed by atoms with Crippen LogP contribution >= 0.6 is 0 Å². The number of hydrogen-bond acceptors (Lipinski definition) is 3. The molecule has 1 fully saturated rings. The first-order valence-electron chi connectivity index (χ1n) is 5.24. The van der Waals surface area contributed by atoms with Crippen molar-refractivity contribution in [1.82, 2.24) is 5.06 Å². The topological polar surface area (TPSA) is 46.6 Å². The van der Waals surface area contributed by atoms with Gasteiger partial charge in [0.1, 0.15) is 0 Å². The highest BCUT2D eigenvalue weighted by molar-refractivity contribution is 6.00. The Bertz CT molecular complexity index is 199. The normalized spacial score (nSPS) is 16.8. The minimum Gasteiger partial charge on any atom is -0.272 e. The van der Waals surface area contributed by atoms with Crippen LogP contribution in [0.15, 0.2) is 0 Å². The second-order valence-electron chi connectivity index (χ2n) is 3.48. The smallest absolute Gasteiger partial charge is 0.253 e. The molecule has 1 aliphatic heterocycles. The summed E-state index contributed by atoms with van der Waals surface area (Å²) < 4.78 is 0. The summed E-state index contributed by atoms with van der Waals surface area (Å²) in [6.07, 6.45) is 4.94. The third kappa shape index (κ3) is 3.10. The summed E-state index contributed by atoms with van der Waals surface area (Å²) in [7, 11) is 0. The molecule has 4 heteroatoms. The Kier molecular flexibility index (Phi) is 4.59. The first-order valence-corrected chi connectivity index (χ1v) is 5.24. The molecule has 80 valence electrons. The number of amides is 2. The summed E-state index contributed by atoms with van der Waals surface area (Å²) in [5, 5.41) is 0.923. The van der Waals surface area contributed by atoms with Crippen molar-refractivity contribution in [3.05, 3.63) is 0 Å². The van der Waals surface area contributed by atoms with E-state index in [0.717, 1.165) is 17.9 Å². The number of unbranched alkanes of at least 4 members (excludes halogenated alkanes) is 3. The van der Waals surface area contributed by atoms with E-state index in [2.05, 4.69) is 6.92 Å². The molecular weight excluding hydrogens is 182 g/mol. The van der Waals surface area contributed by atoms with Crippen LogP contribution in [0.1, 0.15) is 45.4 Å². The van der Waals surface area contributed by atoms with Gasteiger partial charge >= 0.3 is 0 Å². The summed E-state index contributed by atoms with van der Waals surface area (Å²) in [6, 6.07) is 0. The third-order valence-corrected chi connectivity index (χ3v) is 2.22. The fourth-order valence-corrected chi connectivity index (χ4v) is 1.38. The van der Waals surface area contributed by atoms with E-state index in [0.29, 0.717) is 19.4 Å². The van der Waals surface area contributed by atoms with Gasteiger partial charge in [-0.15, -0.1) is 0 Å². The van der Waals surface area contributed by atoms with E-state index in [1.807, 2.05) is 0 Å². The number of nitrogens with zero attached hydrogens (tertiary/aromatic N) is 1. The zero-order valence-electron chi connectivity index (χ0n) is 8.62. The van der Waals surface area contributed by atoms with E-state index in [4.69, 9.17) is 4.84 Å². The molecule has 0 N–H and O–H groups in total. The Hall–Kier alpha value is -0.900. The second-order valence-corrected chi connectivity index (χ2v) is 3.48. The van der Waals surface area contributed by atoms with Gasteiger partial charge in [-0.3, -0.25) is 14.4 Å². The van der Waals surface area contributed by atoms with E-state index < -0.39 is 0 Å². The fourth-order valence-electron chi connectivity index (χ4n) is 1.38. The first-order chi connectivity index (χ1) is 6.75. The highest BCUT2D eigenvalue weighted by Crippen LogP contribution is 2.12. The summed E-state index contributed by atoms with van der Waals surface area (Å²) in [5.41, 5.74) is 0. The molecule has 0 saturated carbocycles. The molecule has 0 radical (unpaired) electrons. The maximum Gasteiger partial charge on any atom is 0.253 e. The second kappa shape index (κ2) is 5.75. The number of rotatable bonds is 6. The predicted molar refractivity (Wildman–Crippen MR) is 51.2 cm³/mol. The molecule has 0 atom stereocenters. The highest BCUT2D eigenvalue weighted by atomic mass is 16.7. The summed E-state index contributed by atoms with van der Waals surface area (Å²) in [5.74, 6) is -0.406. The van der Waals surface area contributed by atoms with E-state index in [1.54, 1.807) is 0 Å². The average molecular weight is 199 g/mol. The van der Waals surface area contributed by atoms with Crippen molar-refractivity contribution in [2.24, 2.45) is 0 Å². The van der Waals surface area contributed by atoms with Gasteiger partial charge < -0.3 is 0 Å². The van der Waals surface area contributed by atoms with Crippen molar-refractivity contribution in [3.8, 4) is 0 Å². The van der Waals surface area contributed by atoms with Crippen LogP contribution in [0.4, 0.5) is 0 Å². The van der Waals surface area contributed by atoms with Crippen molar-refractivity contribution < 1.29 is 14.4 Å². The van der Waals surface area contributed by atoms with Crippen LogP contribution < -0.4 is 0 Å². The Morgan fingerprint density at radius 1 is 1.14 bits per heavy atom. The molecule has 0 spiro atoms. The number of hydrogen-bond donors (Lipinski definition) is 0. The summed E-state index contributed by atoms with van der Waals surface area (Å²) in [4.78, 5) is 27.3. The summed E-state index contributed by atoms with van der Waals surface area (Å²) >= 11 is 0. The van der Waals surface area contributed by atoms with Gasteiger partial charge in [-0.25, -0.2) is 0 Å². The lowest BCUT2D eigenvalue weighted by Gasteiger charge is -2.12. The van der Waals surface area contributed by atoms with Gasteiger partial charge in [0.25, 0.3) is 11.8 Å². The molecule has 0 aliphatic carbocycles. The van der Waals surface area contributed by atoms with Gasteiger partial charge in [-0.05, 0) is 6.42 Å². The molecule has 1 rings (SSSR count). The van der Waals surface area contributed by atoms with Crippen molar-refractivity contribution in [2.45, 2.75) is 45.4 Å². The minimum atomic E-state index is -0.203. The van der Waals surface area contributed by atoms with Crippen LogP contribution in [-0.4, -0.2) is 23.5 Å². The lowest BCUT2D eigenvalue weighted by atomic mass is 10.2. The molecule has 2 amide bonds. The standard InChI is InChI=1S/C10H17NO3/c1-2-3-4-5-8-14-11-9(12)6-7-10(11)13/h2-8H2,1H3. The Morgan fingerprint density at radius 3 is 2.36 bits per heavy atom. The van der Waals surface area contributed by atoms with Crippen LogP contribution in [0.3, 0.4) is 0 Å². The van der Waals surface area contributed by atoms with Crippen molar-refractivity contribution in [1.29, 1.82) is 0 Å². The third-order valence-electron chi connectivity index (χ3n) is 2.22. The quantitative estimate of drug-likeness (QED) is 0.482. The molecule has 1 saturated heterocycles. The maximum atomic E-state index is 11.1. The number of imide groups is 1. The molecule has 0 unspecified atom stereocenters. The van der Waals surface area contributed by atoms with Gasteiger partial charge in [0.05, 0.1) is 6.61 Å². The lowest BCUT2D eigenvalue weighted by molar-refractivity contribution is -0.187. The lowest BCUT2D eigenvalue weighted by Crippen LogP contribution is -2.29. The van der Waals surface area contributed by atoms with Crippen molar-refractivity contribution in [2.75, 3.05) is 6.61 Å². The Labute approximate surface area is 84.2 Å². The fraction of sp³-hybridized carbons (Fsp3) is 0.800. The van der Waals surface area contributed by atoms with Gasteiger partial charge in [-0.2, -0.15) is 5.06 Å². The van der Waals surface area contributed by atoms with E-state index in [-0.39, 0.29) is 11.8 Å². The molecule has 0 aromatic carbocycles. The molecule has 1 aliphatic rings. The molecule has 0 aromatic rings. The van der Waals surface area contributed by atoms with Crippen LogP contribution in [0, 0.1) is 0 Å². The summed E-state index contributed by atoms with van der Waals surface area (Å²) in [6.45, 7) is 2.60. The number of carbonyl (C=O) groups excluding carboxylic acids is 2. The van der Waals surface area contributed by atoms with Crippen molar-refractivity contribution in [3.63, 3.8) is 0 Å². The van der Waals surface area contributed by atoms with Crippen LogP contribution in [0.25, 0.3) is 0 Å². The molecule has 0 aromatic heterocycles. The zero-order valence-corrected chi connectivity index (χ0v) is 8.62. The van der Waals surface area contributed by atoms with Crippen molar-refractivity contribution >= 4 is 11.8 Å². The Morgan fingerprint density at radius 2 is 1.79 bits per heavy atom. The van der Waals surface area contributed by atoms with Crippen LogP contribution in [-0.2, 0) is 14.4 Å².